The van der Waals surface area contributed by atoms with Crippen molar-refractivity contribution in [3.63, 3.8) is 0 Å². The topological polar surface area (TPSA) is 53.4 Å². The first kappa shape index (κ1) is 19.4. The Morgan fingerprint density at radius 2 is 1.59 bits per heavy atom. The zero-order valence-electron chi connectivity index (χ0n) is 16.6. The third-order valence-corrected chi connectivity index (χ3v) is 5.28. The van der Waals surface area contributed by atoms with Crippen LogP contribution in [0.3, 0.4) is 0 Å². The van der Waals surface area contributed by atoms with Crippen LogP contribution in [0.15, 0.2) is 73.1 Å². The number of aromatic nitrogens is 2. The summed E-state index contributed by atoms with van der Waals surface area (Å²) < 4.78 is 1.87. The highest BCUT2D eigenvalue weighted by atomic mass is 16.2. The van der Waals surface area contributed by atoms with E-state index in [4.69, 9.17) is 0 Å². The fourth-order valence-corrected chi connectivity index (χ4v) is 3.59. The number of carbonyl (C=O) groups is 1. The molecule has 3 aromatic rings. The van der Waals surface area contributed by atoms with Crippen LogP contribution in [0.5, 0.6) is 0 Å². The molecule has 1 aromatic heterocycles. The normalized spacial score (nSPS) is 15.3. The molecule has 4 rings (SSSR count). The van der Waals surface area contributed by atoms with Crippen molar-refractivity contribution in [2.75, 3.05) is 32.7 Å². The van der Waals surface area contributed by atoms with Gasteiger partial charge in [-0.2, -0.15) is 5.10 Å². The van der Waals surface area contributed by atoms with Gasteiger partial charge in [0, 0.05) is 51.7 Å². The summed E-state index contributed by atoms with van der Waals surface area (Å²) >= 11 is 0. The molecule has 0 spiro atoms. The fourth-order valence-electron chi connectivity index (χ4n) is 3.59. The van der Waals surface area contributed by atoms with E-state index in [1.54, 1.807) is 6.20 Å². The molecule has 0 bridgehead atoms. The van der Waals surface area contributed by atoms with Gasteiger partial charge in [-0.15, -0.1) is 0 Å². The molecule has 2 aromatic carbocycles. The summed E-state index contributed by atoms with van der Waals surface area (Å²) in [6, 6.07) is 20.5. The van der Waals surface area contributed by atoms with Crippen LogP contribution < -0.4 is 5.32 Å². The lowest BCUT2D eigenvalue weighted by molar-refractivity contribution is -0.122. The number of amides is 1. The number of piperazine rings is 1. The highest BCUT2D eigenvalue weighted by molar-refractivity contribution is 5.78. The molecule has 0 radical (unpaired) electrons. The Balaban J connectivity index is 1.19. The summed E-state index contributed by atoms with van der Waals surface area (Å²) in [7, 11) is 0. The van der Waals surface area contributed by atoms with Crippen LogP contribution in [0.25, 0.3) is 5.69 Å². The summed E-state index contributed by atoms with van der Waals surface area (Å²) in [5.41, 5.74) is 3.50. The smallest absolute Gasteiger partial charge is 0.234 e. The standard InChI is InChI=1S/C23H27N5O/c29-23(24-17-20-5-2-1-3-6-20)19-27-15-13-26(14-16-27)18-21-7-9-22(10-8-21)28-12-4-11-25-28/h1-12H,13-19H2,(H,24,29). The molecule has 1 saturated heterocycles. The third-order valence-electron chi connectivity index (χ3n) is 5.28. The number of nitrogens with zero attached hydrogens (tertiary/aromatic N) is 4. The van der Waals surface area contributed by atoms with E-state index in [9.17, 15) is 4.79 Å². The van der Waals surface area contributed by atoms with E-state index in [1.165, 1.54) is 5.56 Å². The maximum atomic E-state index is 12.2. The Morgan fingerprint density at radius 3 is 2.28 bits per heavy atom. The number of hydrogen-bond donors (Lipinski definition) is 1. The molecule has 2 heterocycles. The lowest BCUT2D eigenvalue weighted by Gasteiger charge is -2.34. The van der Waals surface area contributed by atoms with Crippen molar-refractivity contribution >= 4 is 5.91 Å². The molecule has 0 saturated carbocycles. The van der Waals surface area contributed by atoms with Gasteiger partial charge in [-0.25, -0.2) is 4.68 Å². The minimum atomic E-state index is 0.0940. The Hall–Kier alpha value is -2.96. The summed E-state index contributed by atoms with van der Waals surface area (Å²) in [5, 5.41) is 7.27. The van der Waals surface area contributed by atoms with Crippen LogP contribution in [0.2, 0.25) is 0 Å². The number of carbonyl (C=O) groups excluding carboxylic acids is 1. The maximum absolute atomic E-state index is 12.2. The van der Waals surface area contributed by atoms with Crippen LogP contribution in [0, 0.1) is 0 Å². The second-order valence-electron chi connectivity index (χ2n) is 7.43. The largest absolute Gasteiger partial charge is 0.351 e. The monoisotopic (exact) mass is 389 g/mol. The van der Waals surface area contributed by atoms with E-state index in [1.807, 2.05) is 47.3 Å². The predicted molar refractivity (Wildman–Crippen MR) is 114 cm³/mol. The molecule has 0 aliphatic carbocycles. The molecule has 1 fully saturated rings. The summed E-state index contributed by atoms with van der Waals surface area (Å²) in [6.45, 7) is 5.80. The zero-order valence-corrected chi connectivity index (χ0v) is 16.6. The van der Waals surface area contributed by atoms with Crippen molar-refractivity contribution in [2.45, 2.75) is 13.1 Å². The Morgan fingerprint density at radius 1 is 0.862 bits per heavy atom. The highest BCUT2D eigenvalue weighted by Gasteiger charge is 2.19. The zero-order chi connectivity index (χ0) is 19.9. The third kappa shape index (κ3) is 5.53. The summed E-state index contributed by atoms with van der Waals surface area (Å²) in [6.07, 6.45) is 3.74. The van der Waals surface area contributed by atoms with Crippen molar-refractivity contribution in [3.05, 3.63) is 84.2 Å². The van der Waals surface area contributed by atoms with Gasteiger partial charge in [0.2, 0.25) is 5.91 Å². The van der Waals surface area contributed by atoms with Gasteiger partial charge in [-0.3, -0.25) is 14.6 Å². The van der Waals surface area contributed by atoms with E-state index < -0.39 is 0 Å². The van der Waals surface area contributed by atoms with Crippen LogP contribution in [0.4, 0.5) is 0 Å². The first-order valence-corrected chi connectivity index (χ1v) is 10.1. The lowest BCUT2D eigenvalue weighted by atomic mass is 10.2. The molecular weight excluding hydrogens is 362 g/mol. The van der Waals surface area contributed by atoms with Gasteiger partial charge in [0.15, 0.2) is 0 Å². The minimum Gasteiger partial charge on any atom is -0.351 e. The summed E-state index contributed by atoms with van der Waals surface area (Å²) in [5.74, 6) is 0.0940. The Bertz CT molecular complexity index is 885. The lowest BCUT2D eigenvalue weighted by Crippen LogP contribution is -2.49. The predicted octanol–water partition coefficient (Wildman–Crippen LogP) is 2.31. The van der Waals surface area contributed by atoms with E-state index >= 15 is 0 Å². The van der Waals surface area contributed by atoms with Crippen LogP contribution in [0.1, 0.15) is 11.1 Å². The maximum Gasteiger partial charge on any atom is 0.234 e. The number of rotatable bonds is 7. The molecular formula is C23H27N5O. The Labute approximate surface area is 171 Å². The molecule has 29 heavy (non-hydrogen) atoms. The second-order valence-corrected chi connectivity index (χ2v) is 7.43. The first-order valence-electron chi connectivity index (χ1n) is 10.1. The molecule has 1 amide bonds. The molecule has 1 aliphatic rings. The van der Waals surface area contributed by atoms with E-state index in [0.29, 0.717) is 13.1 Å². The average molecular weight is 390 g/mol. The molecule has 0 unspecified atom stereocenters. The van der Waals surface area contributed by atoms with Crippen LogP contribution >= 0.6 is 0 Å². The van der Waals surface area contributed by atoms with Crippen molar-refractivity contribution in [3.8, 4) is 5.69 Å². The quantitative estimate of drug-likeness (QED) is 0.674. The van der Waals surface area contributed by atoms with Crippen LogP contribution in [-0.4, -0.2) is 58.2 Å². The molecule has 1 N–H and O–H groups in total. The van der Waals surface area contributed by atoms with Gasteiger partial charge < -0.3 is 5.32 Å². The van der Waals surface area contributed by atoms with Crippen molar-refractivity contribution in [1.29, 1.82) is 0 Å². The molecule has 6 nitrogen and oxygen atoms in total. The van der Waals surface area contributed by atoms with Crippen molar-refractivity contribution in [2.24, 2.45) is 0 Å². The second kappa shape index (κ2) is 9.49. The number of benzene rings is 2. The SMILES string of the molecule is O=C(CN1CCN(Cc2ccc(-n3cccn3)cc2)CC1)NCc1ccccc1. The van der Waals surface area contributed by atoms with Crippen molar-refractivity contribution in [1.82, 2.24) is 24.9 Å². The van der Waals surface area contributed by atoms with Crippen LogP contribution in [-0.2, 0) is 17.9 Å². The van der Waals surface area contributed by atoms with Gasteiger partial charge >= 0.3 is 0 Å². The molecule has 150 valence electrons. The van der Waals surface area contributed by atoms with E-state index in [0.717, 1.165) is 44.0 Å². The summed E-state index contributed by atoms with van der Waals surface area (Å²) in [4.78, 5) is 16.9. The first-order chi connectivity index (χ1) is 14.3. The molecule has 6 heteroatoms. The van der Waals surface area contributed by atoms with Gasteiger partial charge in [-0.05, 0) is 29.3 Å². The van der Waals surface area contributed by atoms with Gasteiger partial charge in [0.1, 0.15) is 0 Å². The Kier molecular flexibility index (Phi) is 6.34. The number of nitrogens with one attached hydrogen (secondary N) is 1. The van der Waals surface area contributed by atoms with Gasteiger partial charge in [0.25, 0.3) is 0 Å². The van der Waals surface area contributed by atoms with Crippen molar-refractivity contribution < 1.29 is 4.79 Å². The highest BCUT2D eigenvalue weighted by Crippen LogP contribution is 2.12. The molecule has 1 aliphatic heterocycles. The number of hydrogen-bond acceptors (Lipinski definition) is 4. The fraction of sp³-hybridized carbons (Fsp3) is 0.304. The van der Waals surface area contributed by atoms with Gasteiger partial charge in [-0.1, -0.05) is 42.5 Å². The van der Waals surface area contributed by atoms with Gasteiger partial charge in [0.05, 0.1) is 12.2 Å². The van der Waals surface area contributed by atoms with E-state index in [-0.39, 0.29) is 5.91 Å². The minimum absolute atomic E-state index is 0.0940. The molecule has 0 atom stereocenters. The average Bonchev–Trinajstić information content (AvgIpc) is 3.30. The van der Waals surface area contributed by atoms with E-state index in [2.05, 4.69) is 44.5 Å².